The monoisotopic (exact) mass is 514 g/mol. The molecule has 2 aromatic carbocycles. The number of benzene rings is 2. The lowest BCUT2D eigenvalue weighted by Gasteiger charge is -2.20. The van der Waals surface area contributed by atoms with Crippen molar-refractivity contribution in [3.05, 3.63) is 122 Å². The molecule has 3 aromatic heterocycles. The first-order valence-electron chi connectivity index (χ1n) is 11.7. The van der Waals surface area contributed by atoms with Gasteiger partial charge in [-0.3, -0.25) is 9.36 Å². The Morgan fingerprint density at radius 1 is 0.816 bits per heavy atom. The summed E-state index contributed by atoms with van der Waals surface area (Å²) in [4.78, 5) is 13.4. The van der Waals surface area contributed by atoms with Gasteiger partial charge in [0.1, 0.15) is 33.5 Å². The minimum Gasteiger partial charge on any atom is -0.460 e. The minimum atomic E-state index is -0.832. The number of hydrogen-bond acceptors (Lipinski definition) is 7. The Morgan fingerprint density at radius 2 is 1.42 bits per heavy atom. The average molecular weight is 515 g/mol. The largest absolute Gasteiger partial charge is 0.460 e. The number of allylic oxidation sites excluding steroid dienone is 1. The van der Waals surface area contributed by atoms with Crippen molar-refractivity contribution in [2.75, 3.05) is 0 Å². The summed E-state index contributed by atoms with van der Waals surface area (Å²) in [5.74, 6) is 1.30. The maximum Gasteiger partial charge on any atom is 0.274 e. The molecule has 7 nitrogen and oxygen atoms in total. The predicted octanol–water partition coefficient (Wildman–Crippen LogP) is 4.38. The fraction of sp³-hybridized carbons (Fsp3) is 0.0333. The average Bonchev–Trinajstić information content (AvgIpc) is 3.70. The van der Waals surface area contributed by atoms with Crippen molar-refractivity contribution in [2.45, 2.75) is 5.92 Å². The normalized spacial score (nSPS) is 15.3. The zero-order valence-corrected chi connectivity index (χ0v) is 20.6. The molecule has 0 saturated carbocycles. The van der Waals surface area contributed by atoms with Gasteiger partial charge < -0.3 is 14.6 Å². The van der Waals surface area contributed by atoms with Crippen molar-refractivity contribution < 1.29 is 8.83 Å². The molecule has 0 radical (unpaired) electrons. The van der Waals surface area contributed by atoms with E-state index in [0.29, 0.717) is 32.2 Å². The smallest absolute Gasteiger partial charge is 0.274 e. The van der Waals surface area contributed by atoms with Crippen molar-refractivity contribution in [1.29, 1.82) is 10.5 Å². The third-order valence-electron chi connectivity index (χ3n) is 6.32. The molecule has 182 valence electrons. The van der Waals surface area contributed by atoms with E-state index in [0.717, 1.165) is 22.5 Å². The standard InChI is InChI=1S/C30H18N4O3S/c31-16-21-27(25-14-13-24(37-25)19-9-5-2-6-10-19)22(17-32)30-34(28(21)33)29(35)26(38-30)15-20-11-12-23(36-20)18-7-3-1-4-8-18/h1-15,27H,33H2/b26-15-. The van der Waals surface area contributed by atoms with Crippen LogP contribution < -0.4 is 20.5 Å². The van der Waals surface area contributed by atoms with Gasteiger partial charge in [0.15, 0.2) is 0 Å². The van der Waals surface area contributed by atoms with Crippen LogP contribution in [0.15, 0.2) is 104 Å². The summed E-state index contributed by atoms with van der Waals surface area (Å²) < 4.78 is 13.9. The molecule has 5 aromatic rings. The number of nitrogens with two attached hydrogens (primary N) is 1. The highest BCUT2D eigenvalue weighted by molar-refractivity contribution is 7.07. The highest BCUT2D eigenvalue weighted by Gasteiger charge is 2.34. The van der Waals surface area contributed by atoms with Gasteiger partial charge >= 0.3 is 0 Å². The van der Waals surface area contributed by atoms with Crippen LogP contribution in [0.2, 0.25) is 0 Å². The Labute approximate surface area is 220 Å². The highest BCUT2D eigenvalue weighted by Crippen LogP contribution is 2.38. The Bertz CT molecular complexity index is 1980. The van der Waals surface area contributed by atoms with Gasteiger partial charge in [0.25, 0.3) is 5.56 Å². The summed E-state index contributed by atoms with van der Waals surface area (Å²) in [5, 5.41) is 20.2. The van der Waals surface area contributed by atoms with Crippen LogP contribution in [-0.4, -0.2) is 4.57 Å². The summed E-state index contributed by atoms with van der Waals surface area (Å²) in [6.45, 7) is 0. The first-order chi connectivity index (χ1) is 18.6. The van der Waals surface area contributed by atoms with Gasteiger partial charge in [-0.05, 0) is 24.3 Å². The molecular weight excluding hydrogens is 496 g/mol. The van der Waals surface area contributed by atoms with E-state index in [1.165, 1.54) is 4.57 Å². The quantitative estimate of drug-likeness (QED) is 0.380. The van der Waals surface area contributed by atoms with Gasteiger partial charge in [-0.1, -0.05) is 60.7 Å². The molecule has 1 unspecified atom stereocenters. The van der Waals surface area contributed by atoms with Crippen LogP contribution in [0.25, 0.3) is 40.1 Å². The second-order valence-electron chi connectivity index (χ2n) is 8.56. The number of hydrogen-bond donors (Lipinski definition) is 1. The minimum absolute atomic E-state index is 0.0190. The van der Waals surface area contributed by atoms with Crippen LogP contribution in [0.5, 0.6) is 0 Å². The Hall–Kier alpha value is -5.31. The molecule has 38 heavy (non-hydrogen) atoms. The molecule has 0 aliphatic carbocycles. The maximum atomic E-state index is 13.4. The summed E-state index contributed by atoms with van der Waals surface area (Å²) in [7, 11) is 0. The molecule has 8 heteroatoms. The lowest BCUT2D eigenvalue weighted by Crippen LogP contribution is -2.38. The molecule has 2 N–H and O–H groups in total. The van der Waals surface area contributed by atoms with Crippen molar-refractivity contribution in [2.24, 2.45) is 5.73 Å². The Morgan fingerprint density at radius 3 is 2.05 bits per heavy atom. The van der Waals surface area contributed by atoms with E-state index in [9.17, 15) is 15.3 Å². The van der Waals surface area contributed by atoms with E-state index in [1.54, 1.807) is 24.3 Å². The van der Waals surface area contributed by atoms with E-state index in [-0.39, 0.29) is 17.0 Å². The number of aromatic nitrogens is 1. The van der Waals surface area contributed by atoms with Gasteiger partial charge in [0.2, 0.25) is 0 Å². The first kappa shape index (κ1) is 23.1. The van der Waals surface area contributed by atoms with Gasteiger partial charge in [0, 0.05) is 17.2 Å². The summed E-state index contributed by atoms with van der Waals surface area (Å²) in [6.07, 6.45) is 1.62. The summed E-state index contributed by atoms with van der Waals surface area (Å²) in [6, 6.07) is 30.6. The van der Waals surface area contributed by atoms with Crippen molar-refractivity contribution in [3.63, 3.8) is 0 Å². The third-order valence-corrected chi connectivity index (χ3v) is 7.43. The van der Waals surface area contributed by atoms with Crippen LogP contribution in [-0.2, 0) is 0 Å². The first-order valence-corrected chi connectivity index (χ1v) is 12.5. The van der Waals surface area contributed by atoms with Gasteiger partial charge in [-0.15, -0.1) is 11.3 Å². The number of nitrogens with zero attached hydrogens (tertiary/aromatic N) is 3. The van der Waals surface area contributed by atoms with E-state index < -0.39 is 11.5 Å². The van der Waals surface area contributed by atoms with Gasteiger partial charge in [-0.25, -0.2) is 0 Å². The fourth-order valence-electron chi connectivity index (χ4n) is 4.52. The predicted molar refractivity (Wildman–Crippen MR) is 144 cm³/mol. The van der Waals surface area contributed by atoms with Gasteiger partial charge in [-0.2, -0.15) is 10.5 Å². The zero-order chi connectivity index (χ0) is 26.2. The van der Waals surface area contributed by atoms with Crippen molar-refractivity contribution in [1.82, 2.24) is 4.57 Å². The molecular formula is C30H18N4O3S. The van der Waals surface area contributed by atoms with Crippen molar-refractivity contribution in [3.8, 4) is 34.8 Å². The molecule has 6 rings (SSSR count). The van der Waals surface area contributed by atoms with Crippen molar-refractivity contribution >= 4 is 28.8 Å². The molecule has 1 atom stereocenters. The van der Waals surface area contributed by atoms with Gasteiger partial charge in [0.05, 0.1) is 33.7 Å². The van der Waals surface area contributed by atoms with E-state index in [4.69, 9.17) is 14.6 Å². The van der Waals surface area contributed by atoms with Crippen LogP contribution in [0.4, 0.5) is 0 Å². The number of fused-ring (bicyclic) bond motifs is 1. The fourth-order valence-corrected chi connectivity index (χ4v) is 5.63. The lowest BCUT2D eigenvalue weighted by molar-refractivity contribution is 0.521. The van der Waals surface area contributed by atoms with E-state index in [2.05, 4.69) is 12.1 Å². The second kappa shape index (κ2) is 9.29. The van der Waals surface area contributed by atoms with Crippen LogP contribution >= 0.6 is 11.3 Å². The third kappa shape index (κ3) is 3.77. The maximum absolute atomic E-state index is 13.4. The Kier molecular flexibility index (Phi) is 5.65. The molecule has 0 saturated heterocycles. The number of thiazole rings is 1. The molecule has 0 fully saturated rings. The number of furan rings is 2. The molecule has 1 aliphatic heterocycles. The highest BCUT2D eigenvalue weighted by atomic mass is 32.1. The molecule has 0 bridgehead atoms. The number of nitriles is 2. The molecule has 0 spiro atoms. The topological polar surface area (TPSA) is 122 Å². The molecule has 0 amide bonds. The molecule has 1 aliphatic rings. The lowest BCUT2D eigenvalue weighted by atomic mass is 9.88. The van der Waals surface area contributed by atoms with E-state index >= 15 is 0 Å². The van der Waals surface area contributed by atoms with Crippen LogP contribution in [0.3, 0.4) is 0 Å². The molecule has 4 heterocycles. The zero-order valence-electron chi connectivity index (χ0n) is 19.8. The van der Waals surface area contributed by atoms with Crippen LogP contribution in [0.1, 0.15) is 17.4 Å². The second-order valence-corrected chi connectivity index (χ2v) is 9.59. The Balaban J connectivity index is 1.50. The van der Waals surface area contributed by atoms with Crippen LogP contribution in [0, 0.1) is 22.7 Å². The summed E-state index contributed by atoms with van der Waals surface area (Å²) in [5.41, 5.74) is 8.03. The van der Waals surface area contributed by atoms with E-state index in [1.807, 2.05) is 66.7 Å². The number of rotatable bonds is 4. The SMILES string of the molecule is N#CC1=C(N)n2c(s/c(=C\c3ccc(-c4ccccc4)o3)c2=O)=C(C#N)C1c1ccc(-c2ccccc2)o1. The summed E-state index contributed by atoms with van der Waals surface area (Å²) >= 11 is 1.12.